The number of benzene rings is 1. The molecule has 0 fully saturated rings. The van der Waals surface area contributed by atoms with Crippen molar-refractivity contribution in [1.82, 2.24) is 9.88 Å². The molecular formula is C21H29FN4O3. The number of pyridine rings is 1. The largest absolute Gasteiger partial charge is 0.477 e. The van der Waals surface area contributed by atoms with E-state index in [1.165, 1.54) is 0 Å². The summed E-state index contributed by atoms with van der Waals surface area (Å²) in [4.78, 5) is 24.8. The highest BCUT2D eigenvalue weighted by molar-refractivity contribution is 6.00. The summed E-state index contributed by atoms with van der Waals surface area (Å²) in [6.07, 6.45) is 2.75. The van der Waals surface area contributed by atoms with Crippen molar-refractivity contribution in [3.05, 3.63) is 33.4 Å². The van der Waals surface area contributed by atoms with Crippen LogP contribution in [-0.2, 0) is 12.0 Å². The number of nitrogens with zero attached hydrogens (tertiary/aromatic N) is 1. The molecule has 1 unspecified atom stereocenters. The lowest BCUT2D eigenvalue weighted by molar-refractivity contribution is 0.0693. The van der Waals surface area contributed by atoms with Gasteiger partial charge in [0.05, 0.1) is 22.3 Å². The molecule has 1 atom stereocenters. The Morgan fingerprint density at radius 3 is 2.72 bits per heavy atom. The van der Waals surface area contributed by atoms with E-state index in [4.69, 9.17) is 5.73 Å². The summed E-state index contributed by atoms with van der Waals surface area (Å²) in [6.45, 7) is 6.75. The molecule has 1 aliphatic heterocycles. The van der Waals surface area contributed by atoms with Crippen LogP contribution in [0.4, 0.5) is 15.8 Å². The van der Waals surface area contributed by atoms with Crippen molar-refractivity contribution in [2.45, 2.75) is 58.0 Å². The second-order valence-electron chi connectivity index (χ2n) is 8.29. The Morgan fingerprint density at radius 1 is 1.45 bits per heavy atom. The van der Waals surface area contributed by atoms with Gasteiger partial charge in [-0.05, 0) is 59.2 Å². The smallest absolute Gasteiger partial charge is 0.341 e. The van der Waals surface area contributed by atoms with E-state index in [0.717, 1.165) is 19.4 Å². The Labute approximate surface area is 169 Å². The molecule has 2 aromatic rings. The normalized spacial score (nSPS) is 16.0. The van der Waals surface area contributed by atoms with E-state index in [-0.39, 0.29) is 28.4 Å². The number of nitrogen functional groups attached to an aromatic ring is 1. The number of carboxylic acids is 1. The molecule has 29 heavy (non-hydrogen) atoms. The van der Waals surface area contributed by atoms with E-state index in [2.05, 4.69) is 10.6 Å². The number of fused-ring (bicyclic) bond motifs is 3. The fourth-order valence-electron chi connectivity index (χ4n) is 4.30. The van der Waals surface area contributed by atoms with Crippen molar-refractivity contribution in [1.29, 1.82) is 0 Å². The maximum absolute atomic E-state index is 15.1. The fourth-order valence-corrected chi connectivity index (χ4v) is 4.30. The molecule has 2 heterocycles. The highest BCUT2D eigenvalue weighted by Crippen LogP contribution is 2.39. The van der Waals surface area contributed by atoms with Crippen molar-refractivity contribution in [2.24, 2.45) is 0 Å². The van der Waals surface area contributed by atoms with Crippen LogP contribution in [0.2, 0.25) is 0 Å². The Balaban J connectivity index is 2.30. The molecule has 0 radical (unpaired) electrons. The first-order chi connectivity index (χ1) is 13.6. The standard InChI is InChI=1S/C21H29FN4O3/c1-5-11(7-9-24-4)25-12-10-14-15(18(23)17(12)22)19(27)16(20(28)29)13-6-8-21(2,3)26(13)14/h10-11,24-25H,5-9,23H2,1-4H3,(H,28,29). The van der Waals surface area contributed by atoms with Crippen LogP contribution in [-0.4, -0.2) is 35.3 Å². The molecule has 1 aliphatic rings. The summed E-state index contributed by atoms with van der Waals surface area (Å²) < 4.78 is 17.0. The third kappa shape index (κ3) is 3.46. The molecule has 1 aromatic carbocycles. The molecule has 0 bridgehead atoms. The van der Waals surface area contributed by atoms with Crippen LogP contribution in [0.1, 0.15) is 56.1 Å². The van der Waals surface area contributed by atoms with Gasteiger partial charge >= 0.3 is 5.97 Å². The van der Waals surface area contributed by atoms with Gasteiger partial charge in [-0.1, -0.05) is 6.92 Å². The van der Waals surface area contributed by atoms with Crippen molar-refractivity contribution < 1.29 is 14.3 Å². The summed E-state index contributed by atoms with van der Waals surface area (Å²) in [5, 5.41) is 15.9. The third-order valence-corrected chi connectivity index (χ3v) is 5.92. The molecule has 7 nitrogen and oxygen atoms in total. The van der Waals surface area contributed by atoms with Crippen LogP contribution in [0, 0.1) is 5.82 Å². The minimum Gasteiger partial charge on any atom is -0.477 e. The average Bonchev–Trinajstić information content (AvgIpc) is 2.97. The van der Waals surface area contributed by atoms with Crippen molar-refractivity contribution in [2.75, 3.05) is 24.6 Å². The Kier molecular flexibility index (Phi) is 5.58. The second-order valence-corrected chi connectivity index (χ2v) is 8.29. The first-order valence-corrected chi connectivity index (χ1v) is 9.98. The number of nitrogens with one attached hydrogen (secondary N) is 2. The van der Waals surface area contributed by atoms with Crippen LogP contribution < -0.4 is 21.8 Å². The van der Waals surface area contributed by atoms with Crippen molar-refractivity contribution in [3.8, 4) is 0 Å². The zero-order valence-corrected chi connectivity index (χ0v) is 17.4. The van der Waals surface area contributed by atoms with Crippen molar-refractivity contribution in [3.63, 3.8) is 0 Å². The van der Waals surface area contributed by atoms with Crippen LogP contribution >= 0.6 is 0 Å². The van der Waals surface area contributed by atoms with Crippen LogP contribution in [0.15, 0.2) is 10.9 Å². The molecule has 158 valence electrons. The van der Waals surface area contributed by atoms with Gasteiger partial charge in [-0.2, -0.15) is 0 Å². The number of aromatic carboxylic acids is 1. The molecule has 1 aromatic heterocycles. The summed E-state index contributed by atoms with van der Waals surface area (Å²) in [6, 6.07) is 1.64. The Hall–Kier alpha value is -2.61. The van der Waals surface area contributed by atoms with Gasteiger partial charge in [0.1, 0.15) is 5.56 Å². The van der Waals surface area contributed by atoms with Crippen LogP contribution in [0.5, 0.6) is 0 Å². The molecule has 0 spiro atoms. The monoisotopic (exact) mass is 404 g/mol. The Bertz CT molecular complexity index is 1030. The average molecular weight is 404 g/mol. The van der Waals surface area contributed by atoms with E-state index in [1.807, 2.05) is 32.4 Å². The molecule has 0 aliphatic carbocycles. The first kappa shape index (κ1) is 21.1. The molecule has 3 rings (SSSR count). The second kappa shape index (κ2) is 7.67. The molecule has 8 heteroatoms. The van der Waals surface area contributed by atoms with Gasteiger partial charge in [-0.15, -0.1) is 0 Å². The maximum atomic E-state index is 15.1. The Morgan fingerprint density at radius 2 is 2.14 bits per heavy atom. The SMILES string of the molecule is CCC(CCNC)Nc1cc2c(c(N)c1F)c(=O)c(C(=O)O)c1n2C(C)(C)CC1. The van der Waals surface area contributed by atoms with Gasteiger partial charge in [0.15, 0.2) is 5.82 Å². The van der Waals surface area contributed by atoms with Gasteiger partial charge < -0.3 is 26.0 Å². The number of aromatic nitrogens is 1. The summed E-state index contributed by atoms with van der Waals surface area (Å²) in [7, 11) is 1.86. The zero-order chi connectivity index (χ0) is 21.5. The van der Waals surface area contributed by atoms with E-state index < -0.39 is 22.8 Å². The van der Waals surface area contributed by atoms with Gasteiger partial charge in [0.25, 0.3) is 0 Å². The predicted octanol–water partition coefficient (Wildman–Crippen LogP) is 2.90. The highest BCUT2D eigenvalue weighted by Gasteiger charge is 2.36. The van der Waals surface area contributed by atoms with E-state index in [0.29, 0.717) is 24.1 Å². The fraction of sp³-hybridized carbons (Fsp3) is 0.524. The lowest BCUT2D eigenvalue weighted by Gasteiger charge is -2.27. The number of carbonyl (C=O) groups is 1. The number of hydrogen-bond acceptors (Lipinski definition) is 5. The summed E-state index contributed by atoms with van der Waals surface area (Å²) in [5.41, 5.74) is 5.48. The molecule has 5 N–H and O–H groups in total. The highest BCUT2D eigenvalue weighted by atomic mass is 19.1. The number of carboxylic acid groups (broad SMARTS) is 1. The number of rotatable bonds is 7. The van der Waals surface area contributed by atoms with E-state index in [1.54, 1.807) is 6.07 Å². The van der Waals surface area contributed by atoms with Crippen LogP contribution in [0.25, 0.3) is 10.9 Å². The van der Waals surface area contributed by atoms with E-state index >= 15 is 4.39 Å². The minimum absolute atomic E-state index is 0.0323. The van der Waals surface area contributed by atoms with E-state index in [9.17, 15) is 14.7 Å². The predicted molar refractivity (Wildman–Crippen MR) is 113 cm³/mol. The zero-order valence-electron chi connectivity index (χ0n) is 17.4. The third-order valence-electron chi connectivity index (χ3n) is 5.92. The molecule has 0 saturated heterocycles. The maximum Gasteiger partial charge on any atom is 0.341 e. The van der Waals surface area contributed by atoms with Crippen LogP contribution in [0.3, 0.4) is 0 Å². The molecular weight excluding hydrogens is 375 g/mol. The number of hydrogen-bond donors (Lipinski definition) is 4. The topological polar surface area (TPSA) is 109 Å². The minimum atomic E-state index is -1.31. The number of anilines is 2. The lowest BCUT2D eigenvalue weighted by atomic mass is 10.0. The van der Waals surface area contributed by atoms with Crippen molar-refractivity contribution >= 4 is 28.2 Å². The lowest BCUT2D eigenvalue weighted by Crippen LogP contribution is -2.29. The van der Waals surface area contributed by atoms with Gasteiger partial charge in [-0.3, -0.25) is 4.79 Å². The molecule has 0 amide bonds. The summed E-state index contributed by atoms with van der Waals surface area (Å²) >= 11 is 0. The quantitative estimate of drug-likeness (QED) is 0.528. The van der Waals surface area contributed by atoms with Gasteiger partial charge in [0, 0.05) is 17.3 Å². The van der Waals surface area contributed by atoms with Gasteiger partial charge in [0.2, 0.25) is 5.43 Å². The first-order valence-electron chi connectivity index (χ1n) is 9.98. The van der Waals surface area contributed by atoms with Gasteiger partial charge in [-0.25, -0.2) is 9.18 Å². The molecule has 0 saturated carbocycles. The number of halogens is 1. The number of nitrogens with two attached hydrogens (primary N) is 1. The summed E-state index contributed by atoms with van der Waals surface area (Å²) in [5.74, 6) is -2.02.